The van der Waals surface area contributed by atoms with Crippen molar-refractivity contribution in [1.29, 1.82) is 0 Å². The fourth-order valence-electron chi connectivity index (χ4n) is 1.92. The number of nitrogens with one attached hydrogen (secondary N) is 1. The van der Waals surface area contributed by atoms with Crippen molar-refractivity contribution in [3.63, 3.8) is 0 Å². The van der Waals surface area contributed by atoms with E-state index in [1.54, 1.807) is 0 Å². The van der Waals surface area contributed by atoms with Gasteiger partial charge in [0.2, 0.25) is 0 Å². The smallest absolute Gasteiger partial charge is 0.324 e. The highest BCUT2D eigenvalue weighted by Gasteiger charge is 2.33. The number of aliphatic hydroxyl groups excluding tert-OH is 1. The molecular formula is C10H18N2O7S. The maximum absolute atomic E-state index is 11.9. The lowest BCUT2D eigenvalue weighted by Crippen LogP contribution is -2.52. The number of carbonyl (C=O) groups excluding carboxylic acids is 1. The van der Waals surface area contributed by atoms with E-state index in [0.29, 0.717) is 12.8 Å². The molecule has 0 aliphatic carbocycles. The number of esters is 1. The van der Waals surface area contributed by atoms with Gasteiger partial charge in [0.1, 0.15) is 6.04 Å². The molecule has 116 valence electrons. The minimum Gasteiger partial charge on any atom is -0.480 e. The Morgan fingerprint density at radius 3 is 2.35 bits per heavy atom. The van der Waals surface area contributed by atoms with Crippen LogP contribution in [0, 0.1) is 5.92 Å². The van der Waals surface area contributed by atoms with Crippen LogP contribution in [0.5, 0.6) is 0 Å². The number of ether oxygens (including phenoxy) is 1. The van der Waals surface area contributed by atoms with Gasteiger partial charge in [-0.2, -0.15) is 17.4 Å². The van der Waals surface area contributed by atoms with Crippen molar-refractivity contribution < 1.29 is 33.0 Å². The van der Waals surface area contributed by atoms with Gasteiger partial charge >= 0.3 is 11.9 Å². The first kappa shape index (κ1) is 16.8. The van der Waals surface area contributed by atoms with Crippen molar-refractivity contribution in [3.05, 3.63) is 0 Å². The van der Waals surface area contributed by atoms with Gasteiger partial charge in [0.05, 0.1) is 19.6 Å². The summed E-state index contributed by atoms with van der Waals surface area (Å²) >= 11 is 0. The third kappa shape index (κ3) is 4.13. The zero-order valence-corrected chi connectivity index (χ0v) is 11.8. The standard InChI is InChI=1S/C10H18N2O7S/c1-19-10(16)7-2-4-12(5-3-7)20(17,18)11-8(6-13)9(14)15/h7-8,11,13H,2-6H2,1H3,(H,14,15)/t8-/m0/s1. The SMILES string of the molecule is COC(=O)C1CCN(S(=O)(=O)N[C@@H](CO)C(=O)O)CC1. The van der Waals surface area contributed by atoms with E-state index in [1.807, 2.05) is 4.72 Å². The molecule has 3 N–H and O–H groups in total. The molecule has 0 aromatic heterocycles. The number of carbonyl (C=O) groups is 2. The first-order valence-corrected chi connectivity index (χ1v) is 7.44. The summed E-state index contributed by atoms with van der Waals surface area (Å²) in [6.45, 7) is -0.660. The highest BCUT2D eigenvalue weighted by Crippen LogP contribution is 2.20. The van der Waals surface area contributed by atoms with Gasteiger partial charge in [-0.1, -0.05) is 0 Å². The molecule has 1 fully saturated rings. The second kappa shape index (κ2) is 6.97. The molecule has 20 heavy (non-hydrogen) atoms. The molecule has 0 spiro atoms. The van der Waals surface area contributed by atoms with Gasteiger partial charge in [0, 0.05) is 13.1 Å². The Morgan fingerprint density at radius 1 is 1.40 bits per heavy atom. The lowest BCUT2D eigenvalue weighted by molar-refractivity contribution is -0.146. The number of carboxylic acids is 1. The molecule has 0 amide bonds. The highest BCUT2D eigenvalue weighted by molar-refractivity contribution is 7.87. The lowest BCUT2D eigenvalue weighted by atomic mass is 9.99. The number of piperidine rings is 1. The summed E-state index contributed by atoms with van der Waals surface area (Å²) in [6.07, 6.45) is 0.620. The predicted molar refractivity (Wildman–Crippen MR) is 66.9 cm³/mol. The Labute approximate surface area is 116 Å². The van der Waals surface area contributed by atoms with E-state index in [-0.39, 0.29) is 25.0 Å². The van der Waals surface area contributed by atoms with Gasteiger partial charge in [0.25, 0.3) is 10.2 Å². The molecule has 1 heterocycles. The van der Waals surface area contributed by atoms with Crippen molar-refractivity contribution >= 4 is 22.1 Å². The minimum atomic E-state index is -4.01. The second-order valence-corrected chi connectivity index (χ2v) is 6.10. The number of carboxylic acid groups (broad SMARTS) is 1. The maximum atomic E-state index is 11.9. The fraction of sp³-hybridized carbons (Fsp3) is 0.800. The summed E-state index contributed by atoms with van der Waals surface area (Å²) in [5, 5.41) is 17.5. The maximum Gasteiger partial charge on any atom is 0.324 e. The van der Waals surface area contributed by atoms with Crippen molar-refractivity contribution in [2.75, 3.05) is 26.8 Å². The second-order valence-electron chi connectivity index (χ2n) is 4.39. The van der Waals surface area contributed by atoms with E-state index in [1.165, 1.54) is 7.11 Å². The van der Waals surface area contributed by atoms with Crippen LogP contribution < -0.4 is 4.72 Å². The summed E-state index contributed by atoms with van der Waals surface area (Å²) in [5.74, 6) is -2.19. The van der Waals surface area contributed by atoms with E-state index in [9.17, 15) is 18.0 Å². The average molecular weight is 310 g/mol. The first-order valence-electron chi connectivity index (χ1n) is 6.00. The lowest BCUT2D eigenvalue weighted by Gasteiger charge is -2.30. The normalized spacial score (nSPS) is 19.5. The number of hydrogen-bond donors (Lipinski definition) is 3. The van der Waals surface area contributed by atoms with Crippen molar-refractivity contribution in [2.24, 2.45) is 5.92 Å². The van der Waals surface area contributed by atoms with E-state index in [2.05, 4.69) is 4.74 Å². The van der Waals surface area contributed by atoms with E-state index >= 15 is 0 Å². The first-order chi connectivity index (χ1) is 9.31. The summed E-state index contributed by atoms with van der Waals surface area (Å²) in [5.41, 5.74) is 0. The molecule has 0 saturated carbocycles. The van der Waals surface area contributed by atoms with Crippen molar-refractivity contribution in [1.82, 2.24) is 9.03 Å². The van der Waals surface area contributed by atoms with Crippen LogP contribution in [0.1, 0.15) is 12.8 Å². The van der Waals surface area contributed by atoms with E-state index in [4.69, 9.17) is 10.2 Å². The van der Waals surface area contributed by atoms with Crippen molar-refractivity contribution in [2.45, 2.75) is 18.9 Å². The van der Waals surface area contributed by atoms with Crippen LogP contribution in [0.4, 0.5) is 0 Å². The third-order valence-electron chi connectivity index (χ3n) is 3.10. The molecule has 1 saturated heterocycles. The summed E-state index contributed by atoms with van der Waals surface area (Å²) < 4.78 is 31.4. The number of nitrogens with zero attached hydrogens (tertiary/aromatic N) is 1. The Hall–Kier alpha value is -1.23. The Bertz CT molecular complexity index is 456. The Kier molecular flexibility index (Phi) is 5.87. The minimum absolute atomic E-state index is 0.0901. The molecule has 0 radical (unpaired) electrons. The third-order valence-corrected chi connectivity index (χ3v) is 4.73. The summed E-state index contributed by atoms with van der Waals surface area (Å²) in [6, 6.07) is -1.58. The van der Waals surface area contributed by atoms with Gasteiger partial charge < -0.3 is 14.9 Å². The molecule has 1 aliphatic heterocycles. The fourth-order valence-corrected chi connectivity index (χ4v) is 3.29. The predicted octanol–water partition coefficient (Wildman–Crippen LogP) is -1.85. The number of aliphatic hydroxyl groups is 1. The van der Waals surface area contributed by atoms with Gasteiger partial charge in [0.15, 0.2) is 0 Å². The van der Waals surface area contributed by atoms with Crippen LogP contribution in [-0.4, -0.2) is 67.7 Å². The molecule has 1 atom stereocenters. The molecule has 9 nitrogen and oxygen atoms in total. The highest BCUT2D eigenvalue weighted by atomic mass is 32.2. The monoisotopic (exact) mass is 310 g/mol. The molecular weight excluding hydrogens is 292 g/mol. The number of hydrogen-bond acceptors (Lipinski definition) is 6. The van der Waals surface area contributed by atoms with Crippen LogP contribution in [0.15, 0.2) is 0 Å². The van der Waals surface area contributed by atoms with Gasteiger partial charge in [-0.3, -0.25) is 9.59 Å². The number of methoxy groups -OCH3 is 1. The zero-order chi connectivity index (χ0) is 15.3. The molecule has 0 unspecified atom stereocenters. The van der Waals surface area contributed by atoms with Crippen molar-refractivity contribution in [3.8, 4) is 0 Å². The number of aliphatic carboxylic acids is 1. The summed E-state index contributed by atoms with van der Waals surface area (Å²) in [7, 11) is -2.74. The molecule has 10 heteroatoms. The van der Waals surface area contributed by atoms with Crippen LogP contribution in [0.2, 0.25) is 0 Å². The van der Waals surface area contributed by atoms with Gasteiger partial charge in [-0.15, -0.1) is 0 Å². The van der Waals surface area contributed by atoms with E-state index in [0.717, 1.165) is 4.31 Å². The average Bonchev–Trinajstić information content (AvgIpc) is 2.43. The summed E-state index contributed by atoms with van der Waals surface area (Å²) in [4.78, 5) is 22.0. The van der Waals surface area contributed by atoms with Gasteiger partial charge in [-0.25, -0.2) is 0 Å². The largest absolute Gasteiger partial charge is 0.480 e. The van der Waals surface area contributed by atoms with Gasteiger partial charge in [-0.05, 0) is 12.8 Å². The molecule has 0 bridgehead atoms. The zero-order valence-electron chi connectivity index (χ0n) is 11.0. The molecule has 1 aliphatic rings. The number of rotatable bonds is 6. The van der Waals surface area contributed by atoms with Crippen LogP contribution in [-0.2, 0) is 24.5 Å². The molecule has 0 aromatic rings. The quantitative estimate of drug-likeness (QED) is 0.490. The molecule has 1 rings (SSSR count). The Morgan fingerprint density at radius 2 is 1.95 bits per heavy atom. The Balaban J connectivity index is 2.63. The molecule has 0 aromatic carbocycles. The van der Waals surface area contributed by atoms with Crippen LogP contribution >= 0.6 is 0 Å². The van der Waals surface area contributed by atoms with Crippen LogP contribution in [0.25, 0.3) is 0 Å². The topological polar surface area (TPSA) is 133 Å². The van der Waals surface area contributed by atoms with Crippen LogP contribution in [0.3, 0.4) is 0 Å². The van der Waals surface area contributed by atoms with E-state index < -0.39 is 28.8 Å².